The molecule has 206 valence electrons. The molecule has 0 spiro atoms. The maximum atomic E-state index is 12.0. The van der Waals surface area contributed by atoms with E-state index in [0.29, 0.717) is 17.9 Å². The van der Waals surface area contributed by atoms with Crippen LogP contribution in [0.15, 0.2) is 77.0 Å². The lowest BCUT2D eigenvalue weighted by Gasteiger charge is -2.06. The zero-order valence-electron chi connectivity index (χ0n) is 23.1. The van der Waals surface area contributed by atoms with E-state index >= 15 is 0 Å². The van der Waals surface area contributed by atoms with Crippen LogP contribution in [-0.2, 0) is 9.59 Å². The number of rotatable bonds is 20. The van der Waals surface area contributed by atoms with Gasteiger partial charge in [-0.25, -0.2) is 4.79 Å². The molecule has 0 aliphatic carbocycles. The summed E-state index contributed by atoms with van der Waals surface area (Å²) in [5.41, 5.74) is 1.42. The molecule has 6 heteroatoms. The van der Waals surface area contributed by atoms with Crippen LogP contribution in [0.5, 0.6) is 5.75 Å². The van der Waals surface area contributed by atoms with Gasteiger partial charge in [0.25, 0.3) is 0 Å². The zero-order chi connectivity index (χ0) is 27.1. The fourth-order valence-corrected chi connectivity index (χ4v) is 3.97. The molecule has 0 bridgehead atoms. The number of hydrogen-bond acceptors (Lipinski definition) is 5. The van der Waals surface area contributed by atoms with Crippen LogP contribution in [0.3, 0.4) is 0 Å². The van der Waals surface area contributed by atoms with E-state index in [9.17, 15) is 9.59 Å². The SMILES string of the molecule is CCCCCCCC/C=C\CCCCCCCC(=O)NCC(=O)Oc1ccc(N=Nc2ccccc2)cc1. The molecule has 0 unspecified atom stereocenters. The summed E-state index contributed by atoms with van der Waals surface area (Å²) in [4.78, 5) is 24.1. The Morgan fingerprint density at radius 1 is 0.711 bits per heavy atom. The van der Waals surface area contributed by atoms with Gasteiger partial charge in [0.2, 0.25) is 5.91 Å². The second-order valence-corrected chi connectivity index (χ2v) is 9.61. The molecular weight excluding hydrogens is 474 g/mol. The summed E-state index contributed by atoms with van der Waals surface area (Å²) < 4.78 is 5.28. The first-order chi connectivity index (χ1) is 18.7. The predicted molar refractivity (Wildman–Crippen MR) is 155 cm³/mol. The van der Waals surface area contributed by atoms with E-state index in [1.807, 2.05) is 30.3 Å². The molecule has 2 aromatic rings. The number of nitrogens with one attached hydrogen (secondary N) is 1. The molecule has 38 heavy (non-hydrogen) atoms. The monoisotopic (exact) mass is 519 g/mol. The van der Waals surface area contributed by atoms with E-state index in [1.54, 1.807) is 24.3 Å². The van der Waals surface area contributed by atoms with E-state index in [-0.39, 0.29) is 12.5 Å². The summed E-state index contributed by atoms with van der Waals surface area (Å²) in [6, 6.07) is 16.2. The molecule has 1 amide bonds. The quantitative estimate of drug-likeness (QED) is 0.0622. The summed E-state index contributed by atoms with van der Waals surface area (Å²) in [5, 5.41) is 11.0. The van der Waals surface area contributed by atoms with Crippen LogP contribution in [0.25, 0.3) is 0 Å². The van der Waals surface area contributed by atoms with Gasteiger partial charge in [-0.3, -0.25) is 4.79 Å². The standard InChI is InChI=1S/C32H45N3O3/c1-2-3-4-5-6-7-8-9-10-11-12-13-14-15-19-22-31(36)33-27-32(37)38-30-25-23-29(24-26-30)35-34-28-20-17-16-18-21-28/h9-10,16-18,20-21,23-26H,2-8,11-15,19,22,27H2,1H3,(H,33,36)/b10-9-,35-34?. The summed E-state index contributed by atoms with van der Waals surface area (Å²) in [6.45, 7) is 2.12. The molecule has 0 radical (unpaired) electrons. The van der Waals surface area contributed by atoms with Gasteiger partial charge in [-0.1, -0.05) is 88.6 Å². The third-order valence-electron chi connectivity index (χ3n) is 6.20. The van der Waals surface area contributed by atoms with E-state index < -0.39 is 5.97 Å². The summed E-state index contributed by atoms with van der Waals surface area (Å²) in [7, 11) is 0. The van der Waals surface area contributed by atoms with Crippen molar-refractivity contribution < 1.29 is 14.3 Å². The number of carbonyl (C=O) groups excluding carboxylic acids is 2. The smallest absolute Gasteiger partial charge is 0.330 e. The number of unbranched alkanes of at least 4 members (excludes halogenated alkanes) is 11. The number of benzene rings is 2. The van der Waals surface area contributed by atoms with Crippen LogP contribution in [0.2, 0.25) is 0 Å². The number of nitrogens with zero attached hydrogens (tertiary/aromatic N) is 2. The fraction of sp³-hybridized carbons (Fsp3) is 0.500. The Morgan fingerprint density at radius 2 is 1.26 bits per heavy atom. The van der Waals surface area contributed by atoms with Gasteiger partial charge in [0, 0.05) is 6.42 Å². The van der Waals surface area contributed by atoms with Crippen molar-refractivity contribution in [2.75, 3.05) is 6.54 Å². The normalized spacial score (nSPS) is 11.3. The van der Waals surface area contributed by atoms with Crippen molar-refractivity contribution in [3.05, 3.63) is 66.7 Å². The second kappa shape index (κ2) is 20.7. The number of esters is 1. The minimum atomic E-state index is -0.499. The largest absolute Gasteiger partial charge is 0.425 e. The molecule has 1 N–H and O–H groups in total. The van der Waals surface area contributed by atoms with E-state index in [1.165, 1.54) is 57.8 Å². The molecule has 0 aliphatic heterocycles. The average Bonchev–Trinajstić information content (AvgIpc) is 2.94. The van der Waals surface area contributed by atoms with Crippen LogP contribution >= 0.6 is 0 Å². The number of allylic oxidation sites excluding steroid dienone is 2. The van der Waals surface area contributed by atoms with Gasteiger partial charge >= 0.3 is 5.97 Å². The number of carbonyl (C=O) groups is 2. The zero-order valence-corrected chi connectivity index (χ0v) is 23.1. The minimum Gasteiger partial charge on any atom is -0.425 e. The molecule has 0 fully saturated rings. The molecule has 0 heterocycles. The van der Waals surface area contributed by atoms with E-state index in [4.69, 9.17) is 4.74 Å². The van der Waals surface area contributed by atoms with Crippen molar-refractivity contribution in [2.45, 2.75) is 96.8 Å². The van der Waals surface area contributed by atoms with Crippen LogP contribution in [0.1, 0.15) is 96.8 Å². The molecule has 2 rings (SSSR count). The molecule has 0 atom stereocenters. The number of hydrogen-bond donors (Lipinski definition) is 1. The lowest BCUT2D eigenvalue weighted by Crippen LogP contribution is -2.31. The van der Waals surface area contributed by atoms with Gasteiger partial charge in [-0.15, -0.1) is 0 Å². The maximum Gasteiger partial charge on any atom is 0.330 e. The number of ether oxygens (including phenoxy) is 1. The summed E-state index contributed by atoms with van der Waals surface area (Å²) in [6.07, 6.45) is 21.0. The van der Waals surface area contributed by atoms with Gasteiger partial charge in [-0.2, -0.15) is 10.2 Å². The highest BCUT2D eigenvalue weighted by Crippen LogP contribution is 2.21. The van der Waals surface area contributed by atoms with Crippen LogP contribution in [0, 0.1) is 0 Å². The highest BCUT2D eigenvalue weighted by Gasteiger charge is 2.08. The van der Waals surface area contributed by atoms with Crippen molar-refractivity contribution in [3.63, 3.8) is 0 Å². The Hall–Kier alpha value is -3.28. The van der Waals surface area contributed by atoms with Gasteiger partial charge in [-0.05, 0) is 68.5 Å². The average molecular weight is 520 g/mol. The highest BCUT2D eigenvalue weighted by molar-refractivity contribution is 5.82. The molecule has 2 aromatic carbocycles. The molecular formula is C32H45N3O3. The first-order valence-corrected chi connectivity index (χ1v) is 14.4. The first-order valence-electron chi connectivity index (χ1n) is 14.4. The van der Waals surface area contributed by atoms with Crippen molar-refractivity contribution in [3.8, 4) is 5.75 Å². The first kappa shape index (κ1) is 30.9. The Bertz CT molecular complexity index is 956. The van der Waals surface area contributed by atoms with Crippen LogP contribution in [-0.4, -0.2) is 18.4 Å². The lowest BCUT2D eigenvalue weighted by atomic mass is 10.1. The Kier molecular flexibility index (Phi) is 16.9. The van der Waals surface area contributed by atoms with Crippen LogP contribution < -0.4 is 10.1 Å². The van der Waals surface area contributed by atoms with Gasteiger partial charge in [0.05, 0.1) is 11.4 Å². The Labute approximate surface area is 229 Å². The molecule has 0 aromatic heterocycles. The topological polar surface area (TPSA) is 80.1 Å². The maximum absolute atomic E-state index is 12.0. The van der Waals surface area contributed by atoms with Gasteiger partial charge in [0.15, 0.2) is 0 Å². The Morgan fingerprint density at radius 3 is 1.89 bits per heavy atom. The highest BCUT2D eigenvalue weighted by atomic mass is 16.5. The number of amides is 1. The molecule has 0 aliphatic rings. The van der Waals surface area contributed by atoms with Crippen molar-refractivity contribution in [1.82, 2.24) is 5.32 Å². The molecule has 0 saturated carbocycles. The fourth-order valence-electron chi connectivity index (χ4n) is 3.97. The van der Waals surface area contributed by atoms with Crippen molar-refractivity contribution in [1.29, 1.82) is 0 Å². The summed E-state index contributed by atoms with van der Waals surface area (Å²) in [5.74, 6) is -0.210. The minimum absolute atomic E-state index is 0.115. The van der Waals surface area contributed by atoms with Crippen molar-refractivity contribution >= 4 is 23.3 Å². The van der Waals surface area contributed by atoms with Crippen molar-refractivity contribution in [2.24, 2.45) is 10.2 Å². The summed E-state index contributed by atoms with van der Waals surface area (Å²) >= 11 is 0. The van der Waals surface area contributed by atoms with E-state index in [0.717, 1.165) is 31.4 Å². The van der Waals surface area contributed by atoms with Gasteiger partial charge < -0.3 is 10.1 Å². The Balaban J connectivity index is 1.45. The van der Waals surface area contributed by atoms with Crippen LogP contribution in [0.4, 0.5) is 11.4 Å². The third-order valence-corrected chi connectivity index (χ3v) is 6.20. The van der Waals surface area contributed by atoms with Gasteiger partial charge in [0.1, 0.15) is 12.3 Å². The predicted octanol–water partition coefficient (Wildman–Crippen LogP) is 9.16. The lowest BCUT2D eigenvalue weighted by molar-refractivity contribution is -0.135. The van der Waals surface area contributed by atoms with E-state index in [2.05, 4.69) is 34.6 Å². The molecule has 6 nitrogen and oxygen atoms in total. The third kappa shape index (κ3) is 15.7. The molecule has 0 saturated heterocycles. The second-order valence-electron chi connectivity index (χ2n) is 9.61. The number of azo groups is 1.